The maximum absolute atomic E-state index is 11.4. The van der Waals surface area contributed by atoms with Gasteiger partial charge in [-0.3, -0.25) is 10.1 Å². The number of nitrogens with two attached hydrogens (primary N) is 1. The van der Waals surface area contributed by atoms with Crippen molar-refractivity contribution < 1.29 is 27.5 Å². The Hall–Kier alpha value is -1.31. The third-order valence-corrected chi connectivity index (χ3v) is 0.762. The van der Waals surface area contributed by atoms with Crippen molar-refractivity contribution in [2.45, 2.75) is 6.18 Å². The van der Waals surface area contributed by atoms with Gasteiger partial charge in [0.25, 0.3) is 5.91 Å². The van der Waals surface area contributed by atoms with E-state index >= 15 is 0 Å². The van der Waals surface area contributed by atoms with Crippen molar-refractivity contribution in [3.8, 4) is 0 Å². The number of nitrogens with one attached hydrogen (secondary N) is 1. The largest absolute Gasteiger partial charge is 0.411 e. The van der Waals surface area contributed by atoms with Crippen LogP contribution < -0.4 is 11.1 Å². The number of hydrogen-bond donors (Lipinski definition) is 2. The Balaban J connectivity index is 3.54. The zero-order valence-electron chi connectivity index (χ0n) is 6.35. The second kappa shape index (κ2) is 4.65. The topological polar surface area (TPSA) is 81.4 Å². The van der Waals surface area contributed by atoms with Crippen LogP contribution in [-0.2, 0) is 9.53 Å². The molecule has 0 bridgehead atoms. The summed E-state index contributed by atoms with van der Waals surface area (Å²) in [5.41, 5.74) is 4.50. The molecule has 0 heterocycles. The van der Waals surface area contributed by atoms with Gasteiger partial charge in [0.15, 0.2) is 0 Å². The van der Waals surface area contributed by atoms with Crippen LogP contribution in [0.3, 0.4) is 0 Å². The summed E-state index contributed by atoms with van der Waals surface area (Å²) in [5.74, 6) is -1.02. The SMILES string of the molecule is NC(=O)NC(=O)COCC(F)(F)F. The third-order valence-electron chi connectivity index (χ3n) is 0.762. The van der Waals surface area contributed by atoms with Crippen LogP contribution >= 0.6 is 0 Å². The molecule has 0 aliphatic heterocycles. The second-order valence-corrected chi connectivity index (χ2v) is 2.02. The maximum Gasteiger partial charge on any atom is 0.411 e. The van der Waals surface area contributed by atoms with Crippen LogP contribution in [0.25, 0.3) is 0 Å². The highest BCUT2D eigenvalue weighted by Gasteiger charge is 2.27. The van der Waals surface area contributed by atoms with Gasteiger partial charge in [0.2, 0.25) is 0 Å². The predicted octanol–water partition coefficient (Wildman–Crippen LogP) is -0.240. The van der Waals surface area contributed by atoms with E-state index in [1.165, 1.54) is 5.32 Å². The van der Waals surface area contributed by atoms with E-state index in [0.29, 0.717) is 0 Å². The molecule has 0 saturated carbocycles. The molecule has 3 N–H and O–H groups in total. The molecule has 0 saturated heterocycles. The van der Waals surface area contributed by atoms with Crippen molar-refractivity contribution in [2.75, 3.05) is 13.2 Å². The summed E-state index contributed by atoms with van der Waals surface area (Å²) >= 11 is 0. The van der Waals surface area contributed by atoms with Gasteiger partial charge in [0.1, 0.15) is 13.2 Å². The van der Waals surface area contributed by atoms with Crippen molar-refractivity contribution in [2.24, 2.45) is 5.73 Å². The number of alkyl halides is 3. The zero-order valence-corrected chi connectivity index (χ0v) is 6.35. The first-order valence-electron chi connectivity index (χ1n) is 3.05. The monoisotopic (exact) mass is 200 g/mol. The normalized spacial score (nSPS) is 11.0. The fraction of sp³-hybridized carbons (Fsp3) is 0.600. The number of halogens is 3. The van der Waals surface area contributed by atoms with Crippen molar-refractivity contribution in [1.29, 1.82) is 0 Å². The molecule has 3 amide bonds. The van der Waals surface area contributed by atoms with Crippen LogP contribution in [0.15, 0.2) is 0 Å². The highest BCUT2D eigenvalue weighted by molar-refractivity contribution is 5.94. The summed E-state index contributed by atoms with van der Waals surface area (Å²) in [6, 6.07) is -1.14. The molecule has 0 radical (unpaired) electrons. The van der Waals surface area contributed by atoms with Gasteiger partial charge in [0.05, 0.1) is 0 Å². The lowest BCUT2D eigenvalue weighted by Crippen LogP contribution is -2.38. The Kier molecular flexibility index (Phi) is 4.18. The van der Waals surface area contributed by atoms with E-state index in [-0.39, 0.29) is 0 Å². The highest BCUT2D eigenvalue weighted by Crippen LogP contribution is 2.13. The Morgan fingerprint density at radius 3 is 2.31 bits per heavy atom. The zero-order chi connectivity index (χ0) is 10.5. The van der Waals surface area contributed by atoms with Crippen molar-refractivity contribution in [1.82, 2.24) is 5.32 Å². The van der Waals surface area contributed by atoms with E-state index in [4.69, 9.17) is 0 Å². The van der Waals surface area contributed by atoms with Crippen LogP contribution in [0.1, 0.15) is 0 Å². The fourth-order valence-electron chi connectivity index (χ4n) is 0.433. The Morgan fingerprint density at radius 1 is 1.38 bits per heavy atom. The molecule has 0 aromatic heterocycles. The molecular weight excluding hydrogens is 193 g/mol. The first-order valence-corrected chi connectivity index (χ1v) is 3.05. The molecule has 0 atom stereocenters. The number of urea groups is 1. The van der Waals surface area contributed by atoms with Gasteiger partial charge >= 0.3 is 12.2 Å². The first kappa shape index (κ1) is 11.7. The Bertz CT molecular complexity index is 204. The smallest absolute Gasteiger partial charge is 0.362 e. The number of rotatable bonds is 3. The van der Waals surface area contributed by atoms with Crippen LogP contribution in [0, 0.1) is 0 Å². The molecule has 0 rings (SSSR count). The van der Waals surface area contributed by atoms with Gasteiger partial charge in [-0.2, -0.15) is 13.2 Å². The first-order chi connectivity index (χ1) is 5.81. The average molecular weight is 200 g/mol. The molecule has 8 heteroatoms. The molecule has 76 valence electrons. The molecule has 0 aromatic carbocycles. The van der Waals surface area contributed by atoms with E-state index in [0.717, 1.165) is 0 Å². The second-order valence-electron chi connectivity index (χ2n) is 2.02. The molecule has 0 spiro atoms. The molecule has 5 nitrogen and oxygen atoms in total. The van der Waals surface area contributed by atoms with Gasteiger partial charge in [-0.1, -0.05) is 0 Å². The van der Waals surface area contributed by atoms with E-state index in [1.54, 1.807) is 0 Å². The quantitative estimate of drug-likeness (QED) is 0.659. The number of primary amides is 1. The minimum Gasteiger partial charge on any atom is -0.362 e. The van der Waals surface area contributed by atoms with Gasteiger partial charge in [-0.05, 0) is 0 Å². The lowest BCUT2D eigenvalue weighted by Gasteiger charge is -2.06. The van der Waals surface area contributed by atoms with E-state index in [1.807, 2.05) is 0 Å². The van der Waals surface area contributed by atoms with Crippen LogP contribution in [0.2, 0.25) is 0 Å². The standard InChI is InChI=1S/C5H7F3N2O3/c6-5(7,8)2-13-1-3(11)10-4(9)12/h1-2H2,(H3,9,10,11,12). The van der Waals surface area contributed by atoms with Gasteiger partial charge in [-0.15, -0.1) is 0 Å². The summed E-state index contributed by atoms with van der Waals surface area (Å²) in [6.45, 7) is -2.40. The molecule has 0 aliphatic carbocycles. The van der Waals surface area contributed by atoms with E-state index < -0.39 is 31.3 Å². The molecule has 0 fully saturated rings. The minimum atomic E-state index is -4.49. The summed E-state index contributed by atoms with van der Waals surface area (Å²) < 4.78 is 38.2. The predicted molar refractivity (Wildman–Crippen MR) is 34.6 cm³/mol. The number of ether oxygens (including phenoxy) is 1. The van der Waals surface area contributed by atoms with Gasteiger partial charge in [-0.25, -0.2) is 4.79 Å². The lowest BCUT2D eigenvalue weighted by atomic mass is 10.6. The number of amides is 3. The third kappa shape index (κ3) is 8.60. The highest BCUT2D eigenvalue weighted by atomic mass is 19.4. The van der Waals surface area contributed by atoms with Crippen LogP contribution in [0.4, 0.5) is 18.0 Å². The van der Waals surface area contributed by atoms with Gasteiger partial charge in [0, 0.05) is 0 Å². The average Bonchev–Trinajstić information content (AvgIpc) is 1.81. The summed E-state index contributed by atoms with van der Waals surface area (Å²) in [6.07, 6.45) is -4.49. The maximum atomic E-state index is 11.4. The number of imide groups is 1. The minimum absolute atomic E-state index is 0.859. The summed E-state index contributed by atoms with van der Waals surface area (Å²) in [4.78, 5) is 20.4. The number of carbonyl (C=O) groups excluding carboxylic acids is 2. The number of hydrogen-bond acceptors (Lipinski definition) is 3. The Labute approximate surface area is 71.0 Å². The lowest BCUT2D eigenvalue weighted by molar-refractivity contribution is -0.175. The molecule has 0 aliphatic rings. The molecule has 0 unspecified atom stereocenters. The van der Waals surface area contributed by atoms with Crippen molar-refractivity contribution in [3.05, 3.63) is 0 Å². The fourth-order valence-corrected chi connectivity index (χ4v) is 0.433. The number of carbonyl (C=O) groups is 2. The van der Waals surface area contributed by atoms with Crippen LogP contribution in [0.5, 0.6) is 0 Å². The van der Waals surface area contributed by atoms with Gasteiger partial charge < -0.3 is 10.5 Å². The summed E-state index contributed by atoms with van der Waals surface area (Å²) in [5, 5.41) is 1.54. The molecule has 13 heavy (non-hydrogen) atoms. The van der Waals surface area contributed by atoms with E-state index in [2.05, 4.69) is 10.5 Å². The van der Waals surface area contributed by atoms with Crippen molar-refractivity contribution >= 4 is 11.9 Å². The molecule has 0 aromatic rings. The van der Waals surface area contributed by atoms with Crippen molar-refractivity contribution in [3.63, 3.8) is 0 Å². The Morgan fingerprint density at radius 2 is 1.92 bits per heavy atom. The summed E-state index contributed by atoms with van der Waals surface area (Å²) in [7, 11) is 0. The molecular formula is C5H7F3N2O3. The van der Waals surface area contributed by atoms with Crippen LogP contribution in [-0.4, -0.2) is 31.3 Å². The van der Waals surface area contributed by atoms with E-state index in [9.17, 15) is 22.8 Å².